The smallest absolute Gasteiger partial charge is 0.242 e. The zero-order valence-corrected chi connectivity index (χ0v) is 13.4. The minimum Gasteiger partial charge on any atom is -0.391 e. The molecule has 1 rings (SSSR count). The summed E-state index contributed by atoms with van der Waals surface area (Å²) in [6.45, 7) is 0.278. The van der Waals surface area contributed by atoms with Crippen LogP contribution < -0.4 is 4.72 Å². The van der Waals surface area contributed by atoms with E-state index in [1.807, 2.05) is 0 Å². The zero-order chi connectivity index (χ0) is 14.5. The molecule has 1 aromatic carbocycles. The van der Waals surface area contributed by atoms with Gasteiger partial charge in [0.15, 0.2) is 0 Å². The highest BCUT2D eigenvalue weighted by Gasteiger charge is 2.18. The van der Waals surface area contributed by atoms with Crippen molar-refractivity contribution in [2.24, 2.45) is 0 Å². The van der Waals surface area contributed by atoms with Crippen molar-refractivity contribution in [1.29, 1.82) is 0 Å². The molecule has 0 aromatic heterocycles. The molecule has 0 aliphatic carbocycles. The Labute approximate surface area is 126 Å². The Kier molecular flexibility index (Phi) is 6.72. The SMILES string of the molecule is COCC(O)CCNS(=O)(=O)c1ccc(Br)cc1Cl. The van der Waals surface area contributed by atoms with Gasteiger partial charge in [-0.2, -0.15) is 0 Å². The number of methoxy groups -OCH3 is 1. The van der Waals surface area contributed by atoms with Crippen LogP contribution in [0.25, 0.3) is 0 Å². The van der Waals surface area contributed by atoms with Crippen LogP contribution in [0.2, 0.25) is 5.02 Å². The Bertz CT molecular complexity index is 523. The molecule has 108 valence electrons. The highest BCUT2D eigenvalue weighted by molar-refractivity contribution is 9.10. The number of benzene rings is 1. The molecular weight excluding hydrogens is 358 g/mol. The second-order valence-corrected chi connectivity index (χ2v) is 6.93. The monoisotopic (exact) mass is 371 g/mol. The third-order valence-electron chi connectivity index (χ3n) is 2.31. The molecule has 0 amide bonds. The minimum absolute atomic E-state index is 0.0126. The molecule has 0 saturated heterocycles. The number of hydrogen-bond acceptors (Lipinski definition) is 4. The molecule has 0 radical (unpaired) electrons. The van der Waals surface area contributed by atoms with Crippen LogP contribution in [0.15, 0.2) is 27.6 Å². The summed E-state index contributed by atoms with van der Waals surface area (Å²) in [6.07, 6.45) is -0.436. The molecule has 2 N–H and O–H groups in total. The Morgan fingerprint density at radius 1 is 1.53 bits per heavy atom. The summed E-state index contributed by atoms with van der Waals surface area (Å²) in [6, 6.07) is 4.52. The van der Waals surface area contributed by atoms with Crippen LogP contribution in [-0.2, 0) is 14.8 Å². The summed E-state index contributed by atoms with van der Waals surface area (Å²) in [5.41, 5.74) is 0. The largest absolute Gasteiger partial charge is 0.391 e. The van der Waals surface area contributed by atoms with Gasteiger partial charge in [0.1, 0.15) is 4.90 Å². The van der Waals surface area contributed by atoms with Gasteiger partial charge in [-0.3, -0.25) is 0 Å². The van der Waals surface area contributed by atoms with Gasteiger partial charge in [0, 0.05) is 18.1 Å². The number of nitrogens with one attached hydrogen (secondary N) is 1. The quantitative estimate of drug-likeness (QED) is 0.765. The molecule has 0 bridgehead atoms. The highest BCUT2D eigenvalue weighted by Crippen LogP contribution is 2.24. The number of aliphatic hydroxyl groups is 1. The number of sulfonamides is 1. The molecule has 0 fully saturated rings. The summed E-state index contributed by atoms with van der Waals surface area (Å²) in [5.74, 6) is 0. The van der Waals surface area contributed by atoms with E-state index in [1.165, 1.54) is 19.2 Å². The highest BCUT2D eigenvalue weighted by atomic mass is 79.9. The first kappa shape index (κ1) is 16.9. The second-order valence-electron chi connectivity index (χ2n) is 3.87. The average molecular weight is 373 g/mol. The predicted molar refractivity (Wildman–Crippen MR) is 76.8 cm³/mol. The van der Waals surface area contributed by atoms with Crippen molar-refractivity contribution < 1.29 is 18.3 Å². The number of hydrogen-bond donors (Lipinski definition) is 2. The van der Waals surface area contributed by atoms with E-state index in [-0.39, 0.29) is 29.5 Å². The van der Waals surface area contributed by atoms with Crippen molar-refractivity contribution in [3.63, 3.8) is 0 Å². The Morgan fingerprint density at radius 2 is 2.21 bits per heavy atom. The van der Waals surface area contributed by atoms with E-state index in [2.05, 4.69) is 20.7 Å². The molecule has 0 aliphatic rings. The van der Waals surface area contributed by atoms with Crippen LogP contribution in [0.5, 0.6) is 0 Å². The molecule has 0 spiro atoms. The number of rotatable bonds is 7. The molecule has 8 heteroatoms. The van der Waals surface area contributed by atoms with E-state index < -0.39 is 16.1 Å². The molecule has 1 unspecified atom stereocenters. The summed E-state index contributed by atoms with van der Waals surface area (Å²) in [4.78, 5) is 0.0126. The number of halogens is 2. The van der Waals surface area contributed by atoms with Crippen LogP contribution in [0.4, 0.5) is 0 Å². The molecule has 0 saturated carbocycles. The van der Waals surface area contributed by atoms with E-state index in [9.17, 15) is 13.5 Å². The normalized spacial score (nSPS) is 13.5. The minimum atomic E-state index is -3.67. The molecular formula is C11H15BrClNO4S. The Balaban J connectivity index is 2.66. The van der Waals surface area contributed by atoms with Crippen LogP contribution >= 0.6 is 27.5 Å². The maximum atomic E-state index is 12.0. The van der Waals surface area contributed by atoms with Gasteiger partial charge in [-0.1, -0.05) is 27.5 Å². The van der Waals surface area contributed by atoms with E-state index >= 15 is 0 Å². The van der Waals surface area contributed by atoms with Crippen molar-refractivity contribution in [2.75, 3.05) is 20.3 Å². The summed E-state index contributed by atoms with van der Waals surface area (Å²) in [7, 11) is -2.21. The van der Waals surface area contributed by atoms with E-state index in [1.54, 1.807) is 6.07 Å². The summed E-state index contributed by atoms with van der Waals surface area (Å²) >= 11 is 9.09. The van der Waals surface area contributed by atoms with Gasteiger partial charge in [-0.05, 0) is 24.6 Å². The van der Waals surface area contributed by atoms with Crippen LogP contribution in [0.1, 0.15) is 6.42 Å². The fraction of sp³-hybridized carbons (Fsp3) is 0.455. The van der Waals surface area contributed by atoms with Crippen LogP contribution in [0.3, 0.4) is 0 Å². The molecule has 1 atom stereocenters. The van der Waals surface area contributed by atoms with Gasteiger partial charge in [0.25, 0.3) is 0 Å². The lowest BCUT2D eigenvalue weighted by molar-refractivity contribution is 0.0603. The third kappa shape index (κ3) is 5.37. The maximum absolute atomic E-state index is 12.0. The molecule has 5 nitrogen and oxygen atoms in total. The average Bonchev–Trinajstić information content (AvgIpc) is 2.28. The predicted octanol–water partition coefficient (Wildman–Crippen LogP) is 1.78. The van der Waals surface area contributed by atoms with Crippen molar-refractivity contribution in [1.82, 2.24) is 4.72 Å². The topological polar surface area (TPSA) is 75.6 Å². The third-order valence-corrected chi connectivity index (χ3v) is 4.75. The second kappa shape index (κ2) is 7.56. The summed E-state index contributed by atoms with van der Waals surface area (Å²) in [5, 5.41) is 9.55. The first-order chi connectivity index (χ1) is 8.86. The molecule has 0 heterocycles. The lowest BCUT2D eigenvalue weighted by Gasteiger charge is -2.11. The lowest BCUT2D eigenvalue weighted by atomic mass is 10.3. The maximum Gasteiger partial charge on any atom is 0.242 e. The van der Waals surface area contributed by atoms with Gasteiger partial charge in [0.05, 0.1) is 17.7 Å². The van der Waals surface area contributed by atoms with Crippen LogP contribution in [0, 0.1) is 0 Å². The standard InChI is InChI=1S/C11H15BrClNO4S/c1-18-7-9(15)4-5-14-19(16,17)11-3-2-8(12)6-10(11)13/h2-3,6,9,14-15H,4-5,7H2,1H3. The van der Waals surface area contributed by atoms with Crippen molar-refractivity contribution in [2.45, 2.75) is 17.4 Å². The molecule has 19 heavy (non-hydrogen) atoms. The van der Waals surface area contributed by atoms with E-state index in [0.29, 0.717) is 4.47 Å². The molecule has 1 aromatic rings. The van der Waals surface area contributed by atoms with Crippen molar-refractivity contribution in [3.8, 4) is 0 Å². The van der Waals surface area contributed by atoms with Gasteiger partial charge in [0.2, 0.25) is 10.0 Å². The van der Waals surface area contributed by atoms with Gasteiger partial charge < -0.3 is 9.84 Å². The fourth-order valence-corrected chi connectivity index (χ4v) is 3.49. The van der Waals surface area contributed by atoms with Crippen molar-refractivity contribution >= 4 is 37.6 Å². The Hall–Kier alpha value is -0.180. The van der Waals surface area contributed by atoms with Crippen molar-refractivity contribution in [3.05, 3.63) is 27.7 Å². The van der Waals surface area contributed by atoms with Crippen LogP contribution in [-0.4, -0.2) is 39.9 Å². The number of aliphatic hydroxyl groups excluding tert-OH is 1. The number of ether oxygens (including phenoxy) is 1. The zero-order valence-electron chi connectivity index (χ0n) is 10.3. The van der Waals surface area contributed by atoms with Gasteiger partial charge in [-0.25, -0.2) is 13.1 Å². The first-order valence-electron chi connectivity index (χ1n) is 5.48. The summed E-state index contributed by atoms with van der Waals surface area (Å²) < 4.78 is 31.8. The molecule has 0 aliphatic heterocycles. The van der Waals surface area contributed by atoms with Gasteiger partial charge >= 0.3 is 0 Å². The first-order valence-corrected chi connectivity index (χ1v) is 8.14. The fourth-order valence-electron chi connectivity index (χ4n) is 1.41. The van der Waals surface area contributed by atoms with Gasteiger partial charge in [-0.15, -0.1) is 0 Å². The van der Waals surface area contributed by atoms with E-state index in [4.69, 9.17) is 16.3 Å². The van der Waals surface area contributed by atoms with E-state index in [0.717, 1.165) is 0 Å². The lowest BCUT2D eigenvalue weighted by Crippen LogP contribution is -2.28. The Morgan fingerprint density at radius 3 is 2.79 bits per heavy atom.